The average molecular weight is 276 g/mol. The minimum absolute atomic E-state index is 0.0339. The summed E-state index contributed by atoms with van der Waals surface area (Å²) in [4.78, 5) is 14.0. The molecule has 1 atom stereocenters. The van der Waals surface area contributed by atoms with Crippen molar-refractivity contribution in [1.82, 2.24) is 0 Å². The SMILES string of the molecule is CC(C)C1Oc2ccc(CCCCN)cc2N(C)C1=O. The molecule has 0 fully saturated rings. The Morgan fingerprint density at radius 1 is 1.35 bits per heavy atom. The average Bonchev–Trinajstić information content (AvgIpc) is 2.43. The molecule has 2 N–H and O–H groups in total. The molecule has 20 heavy (non-hydrogen) atoms. The standard InChI is InChI=1S/C16H24N2O2/c1-11(2)15-16(19)18(3)13-10-12(6-4-5-9-17)7-8-14(13)20-15/h7-8,10-11,15H,4-6,9,17H2,1-3H3. The molecule has 1 aliphatic rings. The van der Waals surface area contributed by atoms with Crippen molar-refractivity contribution < 1.29 is 9.53 Å². The van der Waals surface area contributed by atoms with Crippen LogP contribution < -0.4 is 15.4 Å². The van der Waals surface area contributed by atoms with E-state index in [1.807, 2.05) is 27.0 Å². The van der Waals surface area contributed by atoms with Gasteiger partial charge in [0, 0.05) is 7.05 Å². The number of carbonyl (C=O) groups excluding carboxylic acids is 1. The minimum Gasteiger partial charge on any atom is -0.478 e. The number of fused-ring (bicyclic) bond motifs is 1. The molecule has 2 rings (SSSR count). The molecule has 1 unspecified atom stereocenters. The van der Waals surface area contributed by atoms with E-state index in [4.69, 9.17) is 10.5 Å². The Morgan fingerprint density at radius 2 is 2.10 bits per heavy atom. The third-order valence-corrected chi connectivity index (χ3v) is 3.74. The fourth-order valence-electron chi connectivity index (χ4n) is 2.47. The summed E-state index contributed by atoms with van der Waals surface area (Å²) >= 11 is 0. The van der Waals surface area contributed by atoms with Crippen LogP contribution in [0.3, 0.4) is 0 Å². The number of unbranched alkanes of at least 4 members (excludes halogenated alkanes) is 1. The normalized spacial score (nSPS) is 18.1. The minimum atomic E-state index is -0.379. The van der Waals surface area contributed by atoms with Crippen molar-refractivity contribution in [2.24, 2.45) is 11.7 Å². The van der Waals surface area contributed by atoms with Gasteiger partial charge in [0.15, 0.2) is 6.10 Å². The molecule has 4 nitrogen and oxygen atoms in total. The Kier molecular flexibility index (Phi) is 4.65. The fourth-order valence-corrected chi connectivity index (χ4v) is 2.47. The predicted molar refractivity (Wildman–Crippen MR) is 81.1 cm³/mol. The van der Waals surface area contributed by atoms with Gasteiger partial charge in [0.05, 0.1) is 5.69 Å². The molecule has 1 aliphatic heterocycles. The van der Waals surface area contributed by atoms with Gasteiger partial charge in [-0.1, -0.05) is 19.9 Å². The van der Waals surface area contributed by atoms with Crippen molar-refractivity contribution in [2.45, 2.75) is 39.2 Å². The van der Waals surface area contributed by atoms with Crippen molar-refractivity contribution in [1.29, 1.82) is 0 Å². The number of nitrogens with two attached hydrogens (primary N) is 1. The van der Waals surface area contributed by atoms with Crippen LogP contribution in [-0.4, -0.2) is 25.6 Å². The van der Waals surface area contributed by atoms with Crippen molar-refractivity contribution in [3.63, 3.8) is 0 Å². The van der Waals surface area contributed by atoms with Crippen LogP contribution in [0.1, 0.15) is 32.3 Å². The monoisotopic (exact) mass is 276 g/mol. The molecule has 1 heterocycles. The molecule has 1 aromatic carbocycles. The zero-order chi connectivity index (χ0) is 14.7. The summed E-state index contributed by atoms with van der Waals surface area (Å²) in [7, 11) is 1.82. The smallest absolute Gasteiger partial charge is 0.268 e. The Labute approximate surface area is 120 Å². The van der Waals surface area contributed by atoms with E-state index >= 15 is 0 Å². The van der Waals surface area contributed by atoms with Crippen LogP contribution in [0.25, 0.3) is 0 Å². The Balaban J connectivity index is 2.20. The molecule has 0 saturated heterocycles. The van der Waals surface area contributed by atoms with E-state index in [-0.39, 0.29) is 17.9 Å². The summed E-state index contributed by atoms with van der Waals surface area (Å²) in [6, 6.07) is 6.11. The summed E-state index contributed by atoms with van der Waals surface area (Å²) in [5.74, 6) is 1.00. The number of likely N-dealkylation sites (N-methyl/N-ethyl adjacent to an activating group) is 1. The maximum Gasteiger partial charge on any atom is 0.268 e. The van der Waals surface area contributed by atoms with E-state index in [0.29, 0.717) is 0 Å². The number of benzene rings is 1. The molecule has 0 aromatic heterocycles. The van der Waals surface area contributed by atoms with Gasteiger partial charge in [-0.25, -0.2) is 0 Å². The third kappa shape index (κ3) is 2.96. The molecule has 1 aromatic rings. The molecular weight excluding hydrogens is 252 g/mol. The third-order valence-electron chi connectivity index (χ3n) is 3.74. The van der Waals surface area contributed by atoms with E-state index < -0.39 is 0 Å². The maximum atomic E-state index is 12.3. The first kappa shape index (κ1) is 14.9. The summed E-state index contributed by atoms with van der Waals surface area (Å²) in [5, 5.41) is 0. The van der Waals surface area contributed by atoms with Gasteiger partial charge in [0.25, 0.3) is 5.91 Å². The van der Waals surface area contributed by atoms with Crippen LogP contribution in [-0.2, 0) is 11.2 Å². The van der Waals surface area contributed by atoms with Gasteiger partial charge in [-0.2, -0.15) is 0 Å². The highest BCUT2D eigenvalue weighted by Gasteiger charge is 2.34. The van der Waals surface area contributed by atoms with E-state index in [0.717, 1.165) is 37.2 Å². The van der Waals surface area contributed by atoms with Crippen molar-refractivity contribution in [3.8, 4) is 5.75 Å². The van der Waals surface area contributed by atoms with Gasteiger partial charge in [-0.15, -0.1) is 0 Å². The zero-order valence-corrected chi connectivity index (χ0v) is 12.6. The van der Waals surface area contributed by atoms with Crippen LogP contribution in [0.15, 0.2) is 18.2 Å². The fraction of sp³-hybridized carbons (Fsp3) is 0.562. The summed E-state index contributed by atoms with van der Waals surface area (Å²) in [6.45, 7) is 4.73. The van der Waals surface area contributed by atoms with Crippen LogP contribution in [0.2, 0.25) is 0 Å². The number of ether oxygens (including phenoxy) is 1. The number of aryl methyl sites for hydroxylation is 1. The van der Waals surface area contributed by atoms with Gasteiger partial charge in [-0.05, 0) is 49.4 Å². The van der Waals surface area contributed by atoms with Gasteiger partial charge < -0.3 is 15.4 Å². The van der Waals surface area contributed by atoms with Crippen LogP contribution >= 0.6 is 0 Å². The van der Waals surface area contributed by atoms with E-state index in [1.54, 1.807) is 4.90 Å². The number of nitrogens with zero attached hydrogens (tertiary/aromatic N) is 1. The van der Waals surface area contributed by atoms with Gasteiger partial charge in [0.2, 0.25) is 0 Å². The van der Waals surface area contributed by atoms with E-state index in [1.165, 1.54) is 5.56 Å². The van der Waals surface area contributed by atoms with Crippen LogP contribution in [0, 0.1) is 5.92 Å². The number of hydrogen-bond donors (Lipinski definition) is 1. The Morgan fingerprint density at radius 3 is 2.75 bits per heavy atom. The first-order chi connectivity index (χ1) is 9.54. The molecule has 110 valence electrons. The largest absolute Gasteiger partial charge is 0.478 e. The summed E-state index contributed by atoms with van der Waals surface area (Å²) in [6.07, 6.45) is 2.70. The lowest BCUT2D eigenvalue weighted by molar-refractivity contribution is -0.127. The Hall–Kier alpha value is -1.55. The molecular formula is C16H24N2O2. The first-order valence-corrected chi connectivity index (χ1v) is 7.31. The zero-order valence-electron chi connectivity index (χ0n) is 12.6. The predicted octanol–water partition coefficient (Wildman–Crippen LogP) is 2.35. The van der Waals surface area contributed by atoms with E-state index in [2.05, 4.69) is 12.1 Å². The van der Waals surface area contributed by atoms with Crippen molar-refractivity contribution in [2.75, 3.05) is 18.5 Å². The molecule has 0 radical (unpaired) electrons. The highest BCUT2D eigenvalue weighted by atomic mass is 16.5. The molecule has 0 spiro atoms. The maximum absolute atomic E-state index is 12.3. The molecule has 0 aliphatic carbocycles. The first-order valence-electron chi connectivity index (χ1n) is 7.31. The number of hydrogen-bond acceptors (Lipinski definition) is 3. The highest BCUT2D eigenvalue weighted by Crippen LogP contribution is 2.35. The van der Waals surface area contributed by atoms with Crippen molar-refractivity contribution >= 4 is 11.6 Å². The van der Waals surface area contributed by atoms with Gasteiger partial charge >= 0.3 is 0 Å². The van der Waals surface area contributed by atoms with E-state index in [9.17, 15) is 4.79 Å². The molecule has 0 saturated carbocycles. The Bertz CT molecular complexity index is 485. The van der Waals surface area contributed by atoms with Gasteiger partial charge in [0.1, 0.15) is 5.75 Å². The van der Waals surface area contributed by atoms with Crippen LogP contribution in [0.4, 0.5) is 5.69 Å². The summed E-state index contributed by atoms with van der Waals surface area (Å²) in [5.41, 5.74) is 7.61. The number of amides is 1. The van der Waals surface area contributed by atoms with Crippen LogP contribution in [0.5, 0.6) is 5.75 Å². The second-order valence-corrected chi connectivity index (χ2v) is 5.73. The lowest BCUT2D eigenvalue weighted by atomic mass is 10.0. The lowest BCUT2D eigenvalue weighted by Crippen LogP contribution is -2.46. The highest BCUT2D eigenvalue weighted by molar-refractivity contribution is 5.99. The molecule has 0 bridgehead atoms. The molecule has 4 heteroatoms. The second kappa shape index (κ2) is 6.27. The number of rotatable bonds is 5. The topological polar surface area (TPSA) is 55.6 Å². The number of carbonyl (C=O) groups is 1. The number of anilines is 1. The second-order valence-electron chi connectivity index (χ2n) is 5.73. The molecule has 1 amide bonds. The van der Waals surface area contributed by atoms with Crippen molar-refractivity contribution in [3.05, 3.63) is 23.8 Å². The quantitative estimate of drug-likeness (QED) is 0.840. The lowest BCUT2D eigenvalue weighted by Gasteiger charge is -2.34. The summed E-state index contributed by atoms with van der Waals surface area (Å²) < 4.78 is 5.85. The van der Waals surface area contributed by atoms with Gasteiger partial charge in [-0.3, -0.25) is 4.79 Å².